The number of aliphatic hydroxyl groups is 1. The Morgan fingerprint density at radius 3 is 1.97 bits per heavy atom. The third-order valence-electron chi connectivity index (χ3n) is 12.8. The van der Waals surface area contributed by atoms with Gasteiger partial charge in [-0.2, -0.15) is 0 Å². The van der Waals surface area contributed by atoms with Crippen molar-refractivity contribution in [2.45, 2.75) is 147 Å². The summed E-state index contributed by atoms with van der Waals surface area (Å²) in [5, 5.41) is 11.5. The number of sulfone groups is 1. The van der Waals surface area contributed by atoms with E-state index in [1.54, 1.807) is 24.0 Å². The highest BCUT2D eigenvalue weighted by molar-refractivity contribution is 7.90. The summed E-state index contributed by atoms with van der Waals surface area (Å²) in [5.41, 5.74) is 3.83. The second kappa shape index (κ2) is 17.0. The van der Waals surface area contributed by atoms with E-state index in [0.29, 0.717) is 35.9 Å². The molecule has 2 aromatic heterocycles. The molecule has 1 aliphatic heterocycles. The maximum atomic E-state index is 17.8. The van der Waals surface area contributed by atoms with Gasteiger partial charge in [-0.3, -0.25) is 0 Å². The SMILES string of the molecule is COc1nc(-c2cc(O[Si](C(C)C)(C(C)C)C(C)C)cc3ccc(F)c(C#C[Si](C(C)C)(C(C)C)C(C)C)c23)c(F)c2nc(S(C)(=O)=O)nc(N3CCC[C@@](C)(O)C3)c12. The van der Waals surface area contributed by atoms with Crippen LogP contribution in [0.4, 0.5) is 14.6 Å². The van der Waals surface area contributed by atoms with Crippen LogP contribution in [0.1, 0.15) is 108 Å². The lowest BCUT2D eigenvalue weighted by Gasteiger charge is -2.42. The Bertz CT molecular complexity index is 2370. The number of pyridine rings is 1. The van der Waals surface area contributed by atoms with Gasteiger partial charge in [0, 0.05) is 30.3 Å². The van der Waals surface area contributed by atoms with Crippen molar-refractivity contribution < 1.29 is 31.5 Å². The summed E-state index contributed by atoms with van der Waals surface area (Å²) in [6.07, 6.45) is 2.07. The van der Waals surface area contributed by atoms with Crippen molar-refractivity contribution in [1.29, 1.82) is 0 Å². The van der Waals surface area contributed by atoms with Crippen LogP contribution in [-0.2, 0) is 9.84 Å². The molecule has 0 aliphatic carbocycles. The molecule has 1 saturated heterocycles. The first-order valence-corrected chi connectivity index (χ1v) is 27.2. The lowest BCUT2D eigenvalue weighted by Crippen LogP contribution is -2.50. The van der Waals surface area contributed by atoms with Gasteiger partial charge in [0.05, 0.1) is 18.3 Å². The number of piperidine rings is 1. The quantitative estimate of drug-likeness (QED) is 0.0844. The van der Waals surface area contributed by atoms with Crippen molar-refractivity contribution in [3.8, 4) is 34.4 Å². The van der Waals surface area contributed by atoms with Gasteiger partial charge in [-0.05, 0) is 76.6 Å². The monoisotopic (exact) mass is 866 g/mol. The number of nitrogens with zero attached hydrogens (tertiary/aromatic N) is 4. The van der Waals surface area contributed by atoms with Gasteiger partial charge in [-0.15, -0.1) is 5.54 Å². The van der Waals surface area contributed by atoms with Crippen LogP contribution in [0.25, 0.3) is 32.9 Å². The van der Waals surface area contributed by atoms with Crippen LogP contribution in [0.15, 0.2) is 29.4 Å². The van der Waals surface area contributed by atoms with Crippen LogP contribution in [0.5, 0.6) is 11.6 Å². The summed E-state index contributed by atoms with van der Waals surface area (Å²) in [7, 11) is -7.61. The van der Waals surface area contributed by atoms with Gasteiger partial charge in [0.15, 0.2) is 5.82 Å². The van der Waals surface area contributed by atoms with E-state index in [-0.39, 0.29) is 79.2 Å². The number of aromatic nitrogens is 3. The Morgan fingerprint density at radius 2 is 1.46 bits per heavy atom. The molecule has 0 bridgehead atoms. The summed E-state index contributed by atoms with van der Waals surface area (Å²) in [6.45, 7) is 28.5. The fraction of sp³-hybridized carbons (Fsp3) is 0.578. The Hall–Kier alpha value is -3.65. The zero-order valence-electron chi connectivity index (χ0n) is 37.6. The zero-order valence-corrected chi connectivity index (χ0v) is 40.5. The van der Waals surface area contributed by atoms with Crippen molar-refractivity contribution in [1.82, 2.24) is 15.0 Å². The number of methoxy groups -OCH3 is 1. The molecular formula is C45H64F2N4O5SSi2. The summed E-state index contributed by atoms with van der Waals surface area (Å²) in [4.78, 5) is 15.3. The van der Waals surface area contributed by atoms with Crippen LogP contribution < -0.4 is 14.1 Å². The van der Waals surface area contributed by atoms with Crippen molar-refractivity contribution in [3.63, 3.8) is 0 Å². The largest absolute Gasteiger partial charge is 0.543 e. The minimum atomic E-state index is -4.06. The normalized spacial score (nSPS) is 17.0. The second-order valence-corrected chi connectivity index (χ2v) is 31.6. The first-order valence-electron chi connectivity index (χ1n) is 20.9. The molecular weight excluding hydrogens is 803 g/mol. The lowest BCUT2D eigenvalue weighted by atomic mass is 9.94. The summed E-state index contributed by atoms with van der Waals surface area (Å²) in [6, 6.07) is 6.67. The molecule has 0 unspecified atom stereocenters. The van der Waals surface area contributed by atoms with Gasteiger partial charge in [0.2, 0.25) is 20.9 Å². The summed E-state index contributed by atoms with van der Waals surface area (Å²) < 4.78 is 73.7. The molecule has 0 saturated carbocycles. The van der Waals surface area contributed by atoms with E-state index in [0.717, 1.165) is 6.26 Å². The fourth-order valence-corrected chi connectivity index (χ4v) is 21.1. The predicted octanol–water partition coefficient (Wildman–Crippen LogP) is 11.0. The van der Waals surface area contributed by atoms with E-state index in [1.165, 1.54) is 13.2 Å². The van der Waals surface area contributed by atoms with Gasteiger partial charge in [0.25, 0.3) is 8.32 Å². The van der Waals surface area contributed by atoms with E-state index in [2.05, 4.69) is 105 Å². The van der Waals surface area contributed by atoms with Crippen LogP contribution in [0, 0.1) is 23.1 Å². The number of benzene rings is 2. The molecule has 9 nitrogen and oxygen atoms in total. The standard InChI is InChI=1S/C45H64F2N4O5SSi2/c1-26(2)58(27(3)4,28(5)6)22-19-34-36(46)18-17-32-23-33(56-59(29(7)8,30(9)10)31(11)12)24-35(37(32)34)40-39(47)41-38(43(48-40)55-14)42(50-44(49-41)57(15,53)54)51-21-16-20-45(13,52)25-51/h17-18,23-24,26-31,52H,16,20-21,25H2,1-15H3/t45-/m1/s1. The average Bonchev–Trinajstić information content (AvgIpc) is 3.12. The molecule has 59 heavy (non-hydrogen) atoms. The number of anilines is 1. The van der Waals surface area contributed by atoms with Gasteiger partial charge in [-0.25, -0.2) is 32.2 Å². The van der Waals surface area contributed by atoms with Gasteiger partial charge >= 0.3 is 0 Å². The second-order valence-electron chi connectivity index (χ2n) is 18.7. The third kappa shape index (κ3) is 8.50. The number of hydrogen-bond donors (Lipinski definition) is 1. The van der Waals surface area contributed by atoms with Gasteiger partial charge in [0.1, 0.15) is 42.1 Å². The number of ether oxygens (including phenoxy) is 1. The first kappa shape index (κ1) is 46.4. The first-order chi connectivity index (χ1) is 27.3. The molecule has 1 fully saturated rings. The number of hydrogen-bond acceptors (Lipinski definition) is 9. The molecule has 1 aliphatic rings. The fourth-order valence-electron chi connectivity index (χ4n) is 10.2. The third-order valence-corrected chi connectivity index (χ3v) is 25.9. The van der Waals surface area contributed by atoms with Crippen LogP contribution in [0.2, 0.25) is 33.2 Å². The van der Waals surface area contributed by atoms with Crippen molar-refractivity contribution in [2.75, 3.05) is 31.4 Å². The van der Waals surface area contributed by atoms with Crippen LogP contribution in [-0.4, -0.2) is 76.9 Å². The number of β-amino-alcohol motifs (C(OH)–C–C–N with tert-alkyl or cyclic N) is 1. The van der Waals surface area contributed by atoms with Crippen LogP contribution >= 0.6 is 0 Å². The van der Waals surface area contributed by atoms with Gasteiger partial charge in [-0.1, -0.05) is 95.1 Å². The summed E-state index contributed by atoms with van der Waals surface area (Å²) >= 11 is 0. The highest BCUT2D eigenvalue weighted by atomic mass is 32.2. The average molecular weight is 867 g/mol. The molecule has 0 radical (unpaired) electrons. The van der Waals surface area contributed by atoms with Gasteiger partial charge < -0.3 is 19.2 Å². The van der Waals surface area contributed by atoms with E-state index in [9.17, 15) is 13.5 Å². The van der Waals surface area contributed by atoms with Crippen LogP contribution in [0.3, 0.4) is 0 Å². The molecule has 0 spiro atoms. The van der Waals surface area contributed by atoms with E-state index in [1.807, 2.05) is 6.07 Å². The van der Waals surface area contributed by atoms with E-state index >= 15 is 8.78 Å². The van der Waals surface area contributed by atoms with Crippen molar-refractivity contribution >= 4 is 53.7 Å². The molecule has 1 atom stereocenters. The highest BCUT2D eigenvalue weighted by Gasteiger charge is 2.47. The number of fused-ring (bicyclic) bond motifs is 2. The Kier molecular flexibility index (Phi) is 13.4. The topological polar surface area (TPSA) is 115 Å². The maximum Gasteiger partial charge on any atom is 0.258 e. The Balaban J connectivity index is 1.99. The predicted molar refractivity (Wildman–Crippen MR) is 242 cm³/mol. The number of rotatable bonds is 12. The molecule has 4 aromatic rings. The van der Waals surface area contributed by atoms with Crippen molar-refractivity contribution in [3.05, 3.63) is 41.5 Å². The van der Waals surface area contributed by atoms with E-state index in [4.69, 9.17) is 14.1 Å². The molecule has 322 valence electrons. The highest BCUT2D eigenvalue weighted by Crippen LogP contribution is 2.47. The Morgan fingerprint density at radius 1 is 0.864 bits per heavy atom. The Labute approximate surface area is 352 Å². The molecule has 5 rings (SSSR count). The van der Waals surface area contributed by atoms with E-state index < -0.39 is 48.6 Å². The smallest absolute Gasteiger partial charge is 0.258 e. The molecule has 0 amide bonds. The maximum absolute atomic E-state index is 17.8. The minimum absolute atomic E-state index is 0.0544. The molecule has 1 N–H and O–H groups in total. The van der Waals surface area contributed by atoms with Crippen molar-refractivity contribution in [2.24, 2.45) is 0 Å². The molecule has 2 aromatic carbocycles. The summed E-state index contributed by atoms with van der Waals surface area (Å²) in [5.74, 6) is 2.37. The lowest BCUT2D eigenvalue weighted by molar-refractivity contribution is 0.0447. The minimum Gasteiger partial charge on any atom is -0.543 e. The number of halogens is 2. The molecule has 3 heterocycles. The molecule has 14 heteroatoms. The zero-order chi connectivity index (χ0) is 44.2.